The largest absolute Gasteiger partial charge is 0.489 e. The number of rotatable bonds is 7. The summed E-state index contributed by atoms with van der Waals surface area (Å²) in [6.45, 7) is 0.347. The molecule has 1 aromatic heterocycles. The molecule has 0 spiro atoms. The first kappa shape index (κ1) is 23.5. The first-order chi connectivity index (χ1) is 17.4. The Balaban J connectivity index is 1.40. The van der Waals surface area contributed by atoms with Gasteiger partial charge in [0.15, 0.2) is 0 Å². The number of nitrogens with zero attached hydrogens (tertiary/aromatic N) is 2. The minimum Gasteiger partial charge on any atom is -0.489 e. The molecule has 0 radical (unpaired) electrons. The fraction of sp³-hybridized carbons (Fsp3) is 0.207. The van der Waals surface area contributed by atoms with Crippen LogP contribution in [0.3, 0.4) is 0 Å². The Labute approximate surface area is 209 Å². The van der Waals surface area contributed by atoms with Crippen molar-refractivity contribution in [1.82, 2.24) is 15.4 Å². The first-order valence-electron chi connectivity index (χ1n) is 11.8. The van der Waals surface area contributed by atoms with Crippen molar-refractivity contribution in [2.24, 2.45) is 5.92 Å². The number of pyridine rings is 1. The number of aromatic nitrogens is 1. The van der Waals surface area contributed by atoms with Crippen LogP contribution in [0.25, 0.3) is 22.2 Å². The molecule has 7 heteroatoms. The second kappa shape index (κ2) is 9.43. The molecule has 5 rings (SSSR count). The van der Waals surface area contributed by atoms with Gasteiger partial charge in [-0.05, 0) is 36.2 Å². The minimum atomic E-state index is -0.971. The first-order valence-corrected chi connectivity index (χ1v) is 11.8. The number of para-hydroxylation sites is 1. The van der Waals surface area contributed by atoms with Gasteiger partial charge in [0.1, 0.15) is 12.4 Å². The van der Waals surface area contributed by atoms with E-state index in [0.29, 0.717) is 18.8 Å². The highest BCUT2D eigenvalue weighted by Crippen LogP contribution is 2.55. The van der Waals surface area contributed by atoms with Crippen molar-refractivity contribution in [3.63, 3.8) is 0 Å². The third kappa shape index (κ3) is 4.18. The van der Waals surface area contributed by atoms with Crippen LogP contribution in [0.15, 0.2) is 84.9 Å². The summed E-state index contributed by atoms with van der Waals surface area (Å²) in [7, 11) is 3.33. The topological polar surface area (TPSA) is 91.8 Å². The van der Waals surface area contributed by atoms with Crippen LogP contribution in [0.4, 0.5) is 0 Å². The number of fused-ring (bicyclic) bond motifs is 1. The molecule has 0 saturated heterocycles. The van der Waals surface area contributed by atoms with Crippen molar-refractivity contribution < 1.29 is 19.5 Å². The molecule has 4 aromatic rings. The van der Waals surface area contributed by atoms with E-state index in [4.69, 9.17) is 14.9 Å². The lowest BCUT2D eigenvalue weighted by atomic mass is 9.91. The standard InChI is InChI=1S/C29H27N3O4/c1-32(2)28(34)29(17-24(29)27(33)31-35)21-12-14-22(15-13-21)36-18-20-16-26(19-8-4-3-5-9-19)30-25-11-7-6-10-23(20)25/h3-16,24,35H,17-18H2,1-2H3,(H,31,33)/t24-,29-/m1/s1. The Hall–Kier alpha value is -4.23. The fourth-order valence-corrected chi connectivity index (χ4v) is 4.87. The molecule has 1 fully saturated rings. The van der Waals surface area contributed by atoms with Crippen LogP contribution in [0, 0.1) is 5.92 Å². The molecule has 1 heterocycles. The normalized spacial score (nSPS) is 18.5. The van der Waals surface area contributed by atoms with E-state index >= 15 is 0 Å². The molecular formula is C29H27N3O4. The number of likely N-dealkylation sites (N-methyl/N-ethyl adjacent to an activating group) is 1. The summed E-state index contributed by atoms with van der Waals surface area (Å²) in [5.74, 6) is -0.674. The highest BCUT2D eigenvalue weighted by Gasteiger charge is 2.65. The molecule has 3 aromatic carbocycles. The molecule has 7 nitrogen and oxygen atoms in total. The molecule has 0 unspecified atom stereocenters. The van der Waals surface area contributed by atoms with Crippen molar-refractivity contribution >= 4 is 22.7 Å². The zero-order valence-corrected chi connectivity index (χ0v) is 20.1. The van der Waals surface area contributed by atoms with E-state index < -0.39 is 17.2 Å². The van der Waals surface area contributed by atoms with Crippen LogP contribution in [0.1, 0.15) is 17.5 Å². The number of carbonyl (C=O) groups excluding carboxylic acids is 2. The van der Waals surface area contributed by atoms with Crippen molar-refractivity contribution in [2.75, 3.05) is 14.1 Å². The van der Waals surface area contributed by atoms with Gasteiger partial charge in [-0.1, -0.05) is 60.7 Å². The number of carbonyl (C=O) groups is 2. The molecule has 2 N–H and O–H groups in total. The van der Waals surface area contributed by atoms with Crippen LogP contribution in [-0.2, 0) is 21.6 Å². The smallest absolute Gasteiger partial charge is 0.247 e. The molecule has 0 aliphatic heterocycles. The maximum Gasteiger partial charge on any atom is 0.247 e. The van der Waals surface area contributed by atoms with E-state index in [1.54, 1.807) is 19.6 Å². The molecule has 1 aliphatic rings. The van der Waals surface area contributed by atoms with Gasteiger partial charge in [0, 0.05) is 30.6 Å². The van der Waals surface area contributed by atoms with Crippen molar-refractivity contribution in [2.45, 2.75) is 18.4 Å². The maximum atomic E-state index is 13.0. The van der Waals surface area contributed by atoms with Gasteiger partial charge in [0.25, 0.3) is 0 Å². The Morgan fingerprint density at radius 3 is 2.42 bits per heavy atom. The third-order valence-corrected chi connectivity index (χ3v) is 6.81. The Morgan fingerprint density at radius 1 is 1.03 bits per heavy atom. The number of nitrogens with one attached hydrogen (secondary N) is 1. The minimum absolute atomic E-state index is 0.165. The fourth-order valence-electron chi connectivity index (χ4n) is 4.87. The average Bonchev–Trinajstić information content (AvgIpc) is 3.68. The summed E-state index contributed by atoms with van der Waals surface area (Å²) >= 11 is 0. The van der Waals surface area contributed by atoms with Crippen LogP contribution in [-0.4, -0.2) is 41.0 Å². The average molecular weight is 482 g/mol. The van der Waals surface area contributed by atoms with Gasteiger partial charge >= 0.3 is 0 Å². The van der Waals surface area contributed by atoms with Crippen LogP contribution >= 0.6 is 0 Å². The lowest BCUT2D eigenvalue weighted by Crippen LogP contribution is -2.38. The monoisotopic (exact) mass is 481 g/mol. The highest BCUT2D eigenvalue weighted by molar-refractivity contribution is 6.00. The van der Waals surface area contributed by atoms with Crippen LogP contribution < -0.4 is 10.2 Å². The van der Waals surface area contributed by atoms with E-state index in [0.717, 1.165) is 33.3 Å². The van der Waals surface area contributed by atoms with Crippen LogP contribution in [0.5, 0.6) is 5.75 Å². The number of hydrogen-bond donors (Lipinski definition) is 2. The summed E-state index contributed by atoms with van der Waals surface area (Å²) in [5.41, 5.74) is 5.28. The molecule has 36 heavy (non-hydrogen) atoms. The quantitative estimate of drug-likeness (QED) is 0.303. The summed E-state index contributed by atoms with van der Waals surface area (Å²) < 4.78 is 6.14. The van der Waals surface area contributed by atoms with Crippen molar-refractivity contribution in [3.05, 3.63) is 96.1 Å². The van der Waals surface area contributed by atoms with E-state index in [2.05, 4.69) is 6.07 Å². The molecule has 0 bridgehead atoms. The number of benzene rings is 3. The molecule has 2 atom stereocenters. The zero-order chi connectivity index (χ0) is 25.3. The van der Waals surface area contributed by atoms with E-state index in [9.17, 15) is 9.59 Å². The van der Waals surface area contributed by atoms with E-state index in [1.807, 2.05) is 78.9 Å². The van der Waals surface area contributed by atoms with Gasteiger partial charge in [-0.2, -0.15) is 0 Å². The number of hydroxylamine groups is 1. The summed E-state index contributed by atoms with van der Waals surface area (Å²) in [4.78, 5) is 31.4. The van der Waals surface area contributed by atoms with Crippen molar-refractivity contribution in [1.29, 1.82) is 0 Å². The maximum absolute atomic E-state index is 13.0. The molecule has 182 valence electrons. The highest BCUT2D eigenvalue weighted by atomic mass is 16.5. The SMILES string of the molecule is CN(C)C(=O)[C@@]1(c2ccc(OCc3cc(-c4ccccc4)nc4ccccc34)cc2)C[C@@H]1C(=O)NO. The van der Waals surface area contributed by atoms with Gasteiger partial charge in [-0.3, -0.25) is 14.8 Å². The lowest BCUT2D eigenvalue weighted by molar-refractivity contribution is -0.136. The molecule has 2 amide bonds. The van der Waals surface area contributed by atoms with Crippen molar-refractivity contribution in [3.8, 4) is 17.0 Å². The Bertz CT molecular complexity index is 1420. The Morgan fingerprint density at radius 2 is 1.72 bits per heavy atom. The van der Waals surface area contributed by atoms with E-state index in [1.165, 1.54) is 4.90 Å². The second-order valence-corrected chi connectivity index (χ2v) is 9.27. The van der Waals surface area contributed by atoms with Gasteiger partial charge in [0.2, 0.25) is 11.8 Å². The summed E-state index contributed by atoms with van der Waals surface area (Å²) in [6.07, 6.45) is 0.349. The molecule has 1 saturated carbocycles. The summed E-state index contributed by atoms with van der Waals surface area (Å²) in [6, 6.07) is 27.4. The lowest BCUT2D eigenvalue weighted by Gasteiger charge is -2.22. The van der Waals surface area contributed by atoms with Gasteiger partial charge < -0.3 is 9.64 Å². The van der Waals surface area contributed by atoms with E-state index in [-0.39, 0.29) is 5.91 Å². The van der Waals surface area contributed by atoms with Gasteiger partial charge in [-0.15, -0.1) is 0 Å². The Kier molecular flexibility index (Phi) is 6.16. The molecule has 1 aliphatic carbocycles. The number of amides is 2. The predicted molar refractivity (Wildman–Crippen MR) is 136 cm³/mol. The van der Waals surface area contributed by atoms with Gasteiger partial charge in [-0.25, -0.2) is 10.5 Å². The third-order valence-electron chi connectivity index (χ3n) is 6.81. The predicted octanol–water partition coefficient (Wildman–Crippen LogP) is 4.33. The number of hydrogen-bond acceptors (Lipinski definition) is 5. The number of ether oxygens (including phenoxy) is 1. The van der Waals surface area contributed by atoms with Crippen LogP contribution in [0.2, 0.25) is 0 Å². The second-order valence-electron chi connectivity index (χ2n) is 9.27. The molecular weight excluding hydrogens is 454 g/mol. The zero-order valence-electron chi connectivity index (χ0n) is 20.1. The summed E-state index contributed by atoms with van der Waals surface area (Å²) in [5, 5.41) is 10.1. The van der Waals surface area contributed by atoms with Gasteiger partial charge in [0.05, 0.1) is 22.5 Å².